The predicted molar refractivity (Wildman–Crippen MR) is 79.5 cm³/mol. The molecule has 0 bridgehead atoms. The number of benzene rings is 1. The third kappa shape index (κ3) is 2.49. The number of imidazole rings is 1. The maximum atomic E-state index is 12.3. The van der Waals surface area contributed by atoms with Gasteiger partial charge < -0.3 is 14.6 Å². The van der Waals surface area contributed by atoms with E-state index in [1.807, 2.05) is 6.92 Å². The molecule has 1 atom stereocenters. The lowest BCUT2D eigenvalue weighted by atomic mass is 10.1. The zero-order chi connectivity index (χ0) is 15.7. The van der Waals surface area contributed by atoms with E-state index in [2.05, 4.69) is 4.98 Å². The Labute approximate surface area is 123 Å². The highest BCUT2D eigenvalue weighted by Gasteiger charge is 2.23. The molecule has 0 aliphatic carbocycles. The van der Waals surface area contributed by atoms with Crippen LogP contribution in [0.3, 0.4) is 0 Å². The van der Waals surface area contributed by atoms with Gasteiger partial charge in [-0.2, -0.15) is 0 Å². The number of carboxylic acid groups (broad SMARTS) is 1. The summed E-state index contributed by atoms with van der Waals surface area (Å²) >= 11 is 0. The molecule has 2 rings (SSSR count). The number of amides is 1. The summed E-state index contributed by atoms with van der Waals surface area (Å²) in [5.74, 6) is -0.417. The molecule has 2 aromatic rings. The van der Waals surface area contributed by atoms with Gasteiger partial charge in [0, 0.05) is 13.6 Å². The first-order chi connectivity index (χ1) is 9.88. The summed E-state index contributed by atoms with van der Waals surface area (Å²) < 4.78 is 1.79. The zero-order valence-electron chi connectivity index (χ0n) is 12.6. The van der Waals surface area contributed by atoms with Gasteiger partial charge in [0.25, 0.3) is 0 Å². The lowest BCUT2D eigenvalue weighted by molar-refractivity contribution is -0.132. The van der Waals surface area contributed by atoms with E-state index in [-0.39, 0.29) is 11.5 Å². The fourth-order valence-corrected chi connectivity index (χ4v) is 2.48. The van der Waals surface area contributed by atoms with Crippen LogP contribution in [0.15, 0.2) is 18.2 Å². The average Bonchev–Trinajstić information content (AvgIpc) is 2.80. The van der Waals surface area contributed by atoms with Crippen LogP contribution in [-0.2, 0) is 4.79 Å². The molecule has 6 nitrogen and oxygen atoms in total. The molecule has 0 saturated carbocycles. The number of aromatic nitrogens is 2. The maximum absolute atomic E-state index is 12.3. The number of carbonyl (C=O) groups excluding carboxylic acids is 1. The third-order valence-electron chi connectivity index (χ3n) is 3.72. The van der Waals surface area contributed by atoms with Crippen LogP contribution >= 0.6 is 0 Å². The number of nitrogens with zero attached hydrogens (tertiary/aromatic N) is 3. The van der Waals surface area contributed by atoms with Crippen molar-refractivity contribution < 1.29 is 14.7 Å². The number of likely N-dealkylation sites (N-methyl/N-ethyl adjacent to an activating group) is 1. The van der Waals surface area contributed by atoms with Gasteiger partial charge in [0.1, 0.15) is 17.4 Å². The van der Waals surface area contributed by atoms with Crippen molar-refractivity contribution in [1.29, 1.82) is 0 Å². The number of aromatic carboxylic acids is 1. The molecule has 0 spiro atoms. The highest BCUT2D eigenvalue weighted by atomic mass is 16.4. The van der Waals surface area contributed by atoms with Crippen molar-refractivity contribution in [2.24, 2.45) is 0 Å². The average molecular weight is 289 g/mol. The number of hydrogen-bond donors (Lipinski definition) is 1. The molecule has 21 heavy (non-hydrogen) atoms. The van der Waals surface area contributed by atoms with Crippen molar-refractivity contribution in [2.75, 3.05) is 13.6 Å². The molecule has 0 fully saturated rings. The van der Waals surface area contributed by atoms with Crippen LogP contribution in [0.5, 0.6) is 0 Å². The number of fused-ring (bicyclic) bond motifs is 1. The second-order valence-electron chi connectivity index (χ2n) is 5.04. The molecule has 0 aliphatic rings. The summed E-state index contributed by atoms with van der Waals surface area (Å²) in [6, 6.07) is 4.55. The molecule has 0 aliphatic heterocycles. The van der Waals surface area contributed by atoms with Crippen molar-refractivity contribution in [1.82, 2.24) is 14.5 Å². The van der Waals surface area contributed by atoms with Gasteiger partial charge in [0.05, 0.1) is 11.1 Å². The van der Waals surface area contributed by atoms with Gasteiger partial charge in [-0.3, -0.25) is 4.79 Å². The molecule has 1 N–H and O–H groups in total. The number of para-hydroxylation sites is 1. The first-order valence-corrected chi connectivity index (χ1v) is 6.84. The van der Waals surface area contributed by atoms with Crippen LogP contribution in [0.2, 0.25) is 0 Å². The van der Waals surface area contributed by atoms with E-state index < -0.39 is 12.0 Å². The Balaban J connectivity index is 2.60. The highest BCUT2D eigenvalue weighted by molar-refractivity contribution is 6.01. The minimum absolute atomic E-state index is 0.0272. The smallest absolute Gasteiger partial charge is 0.337 e. The van der Waals surface area contributed by atoms with Gasteiger partial charge in [-0.1, -0.05) is 6.07 Å². The summed E-state index contributed by atoms with van der Waals surface area (Å²) in [6.07, 6.45) is 0. The van der Waals surface area contributed by atoms with E-state index >= 15 is 0 Å². The monoisotopic (exact) mass is 289 g/mol. The molecule has 1 heterocycles. The Morgan fingerprint density at radius 2 is 2.10 bits per heavy atom. The highest BCUT2D eigenvalue weighted by Crippen LogP contribution is 2.24. The molecule has 0 saturated heterocycles. The zero-order valence-corrected chi connectivity index (χ0v) is 12.6. The van der Waals surface area contributed by atoms with Gasteiger partial charge in [0.2, 0.25) is 5.91 Å². The van der Waals surface area contributed by atoms with Crippen molar-refractivity contribution in [3.05, 3.63) is 29.6 Å². The van der Waals surface area contributed by atoms with E-state index in [4.69, 9.17) is 0 Å². The first-order valence-electron chi connectivity index (χ1n) is 6.84. The van der Waals surface area contributed by atoms with Crippen LogP contribution in [-0.4, -0.2) is 45.0 Å². The second-order valence-corrected chi connectivity index (χ2v) is 5.04. The van der Waals surface area contributed by atoms with Gasteiger partial charge in [-0.15, -0.1) is 0 Å². The molecule has 1 amide bonds. The van der Waals surface area contributed by atoms with Crippen LogP contribution in [0, 0.1) is 6.92 Å². The Bertz CT molecular complexity index is 705. The fraction of sp³-hybridized carbons (Fsp3) is 0.400. The number of rotatable bonds is 4. The van der Waals surface area contributed by atoms with Crippen LogP contribution in [0.4, 0.5) is 0 Å². The number of carbonyl (C=O) groups is 2. The molecule has 1 aromatic heterocycles. The molecule has 112 valence electrons. The molecule has 1 aromatic carbocycles. The largest absolute Gasteiger partial charge is 0.478 e. The van der Waals surface area contributed by atoms with E-state index in [0.29, 0.717) is 23.4 Å². The summed E-state index contributed by atoms with van der Waals surface area (Å²) in [4.78, 5) is 29.6. The fourth-order valence-electron chi connectivity index (χ4n) is 2.48. The number of aryl methyl sites for hydroxylation is 1. The maximum Gasteiger partial charge on any atom is 0.337 e. The second kappa shape index (κ2) is 5.55. The van der Waals surface area contributed by atoms with E-state index in [1.54, 1.807) is 42.5 Å². The van der Waals surface area contributed by atoms with Crippen molar-refractivity contribution in [3.8, 4) is 0 Å². The standard InChI is InChI=1S/C15H19N3O3/c1-5-17(4)14(19)9(2)18-10(3)16-13-11(15(20)21)7-6-8-12(13)18/h6-9H,5H2,1-4H3,(H,20,21). The normalized spacial score (nSPS) is 12.4. The summed E-state index contributed by atoms with van der Waals surface area (Å²) in [6.45, 7) is 6.11. The Morgan fingerprint density at radius 1 is 1.43 bits per heavy atom. The topological polar surface area (TPSA) is 75.4 Å². The molecule has 1 unspecified atom stereocenters. The quantitative estimate of drug-likeness (QED) is 0.935. The van der Waals surface area contributed by atoms with E-state index in [0.717, 1.165) is 0 Å². The summed E-state index contributed by atoms with van der Waals surface area (Å²) in [5, 5.41) is 9.23. The Hall–Kier alpha value is -2.37. The van der Waals surface area contributed by atoms with Crippen molar-refractivity contribution in [3.63, 3.8) is 0 Å². The minimum atomic E-state index is -1.02. The van der Waals surface area contributed by atoms with Crippen LogP contribution < -0.4 is 0 Å². The first kappa shape index (κ1) is 15.0. The summed E-state index contributed by atoms with van der Waals surface area (Å²) in [7, 11) is 1.75. The Morgan fingerprint density at radius 3 is 2.67 bits per heavy atom. The predicted octanol–water partition coefficient (Wildman–Crippen LogP) is 2.08. The van der Waals surface area contributed by atoms with Gasteiger partial charge in [-0.05, 0) is 32.9 Å². The Kier molecular flexibility index (Phi) is 3.97. The van der Waals surface area contributed by atoms with Gasteiger partial charge in [-0.25, -0.2) is 9.78 Å². The SMILES string of the molecule is CCN(C)C(=O)C(C)n1c(C)nc2c(C(=O)O)cccc21. The minimum Gasteiger partial charge on any atom is -0.478 e. The summed E-state index contributed by atoms with van der Waals surface area (Å²) in [5.41, 5.74) is 1.23. The molecular weight excluding hydrogens is 270 g/mol. The third-order valence-corrected chi connectivity index (χ3v) is 3.72. The van der Waals surface area contributed by atoms with Crippen LogP contribution in [0.1, 0.15) is 36.1 Å². The van der Waals surface area contributed by atoms with Crippen LogP contribution in [0.25, 0.3) is 11.0 Å². The molecular formula is C15H19N3O3. The van der Waals surface area contributed by atoms with Crippen molar-refractivity contribution >= 4 is 22.9 Å². The van der Waals surface area contributed by atoms with Crippen molar-refractivity contribution in [2.45, 2.75) is 26.8 Å². The number of hydrogen-bond acceptors (Lipinski definition) is 3. The number of carboxylic acids is 1. The van der Waals surface area contributed by atoms with Gasteiger partial charge in [0.15, 0.2) is 0 Å². The van der Waals surface area contributed by atoms with E-state index in [9.17, 15) is 14.7 Å². The lowest BCUT2D eigenvalue weighted by Crippen LogP contribution is -2.33. The van der Waals surface area contributed by atoms with Gasteiger partial charge >= 0.3 is 5.97 Å². The lowest BCUT2D eigenvalue weighted by Gasteiger charge is -2.22. The molecule has 0 radical (unpaired) electrons. The molecule has 6 heteroatoms. The van der Waals surface area contributed by atoms with E-state index in [1.165, 1.54) is 6.07 Å².